The summed E-state index contributed by atoms with van der Waals surface area (Å²) in [5, 5.41) is 11.8. The summed E-state index contributed by atoms with van der Waals surface area (Å²) in [6.07, 6.45) is 4.13. The molecule has 0 heterocycles. The minimum absolute atomic E-state index is 0.192. The fourth-order valence-corrected chi connectivity index (χ4v) is 2.52. The molecule has 2 nitrogen and oxygen atoms in total. The van der Waals surface area contributed by atoms with Gasteiger partial charge in [0.1, 0.15) is 0 Å². The molecule has 2 aromatic rings. The number of benzene rings is 2. The molecule has 0 fully saturated rings. The molecule has 2 aromatic carbocycles. The van der Waals surface area contributed by atoms with Gasteiger partial charge in [-0.1, -0.05) is 86.6 Å². The standard InChI is InChI=1S/C11H9Cl2N.C8H5Cl2N.C3H5Br/c1-2-3-9(7-14)8-4-5-10(12)11(13)6-8;1-11-5-6-2-3-7(9)8(10)4-6;1-2-3-4/h2,4-6,9H,1,3H2;2-4H,5H2;2H,1,3H2. The highest BCUT2D eigenvalue weighted by atomic mass is 79.9. The molecule has 0 radical (unpaired) electrons. The van der Waals surface area contributed by atoms with Gasteiger partial charge in [0, 0.05) is 10.9 Å². The Kier molecular flexibility index (Phi) is 15.5. The van der Waals surface area contributed by atoms with E-state index in [0.29, 0.717) is 33.1 Å². The maximum Gasteiger partial charge on any atom is 0.239 e. The van der Waals surface area contributed by atoms with Gasteiger partial charge >= 0.3 is 0 Å². The van der Waals surface area contributed by atoms with Crippen LogP contribution in [0.4, 0.5) is 0 Å². The van der Waals surface area contributed by atoms with Crippen LogP contribution in [0.15, 0.2) is 61.7 Å². The fourth-order valence-electron chi connectivity index (χ4n) is 1.89. The van der Waals surface area contributed by atoms with Crippen LogP contribution in [0.25, 0.3) is 4.85 Å². The summed E-state index contributed by atoms with van der Waals surface area (Å²) in [7, 11) is 0. The molecule has 29 heavy (non-hydrogen) atoms. The number of nitriles is 1. The predicted octanol–water partition coefficient (Wildman–Crippen LogP) is 9.16. The highest BCUT2D eigenvalue weighted by Crippen LogP contribution is 2.27. The second-order valence-corrected chi connectivity index (χ2v) is 7.66. The Morgan fingerprint density at radius 2 is 1.55 bits per heavy atom. The third-order valence-corrected chi connectivity index (χ3v) is 5.19. The summed E-state index contributed by atoms with van der Waals surface area (Å²) in [6.45, 7) is 14.0. The molecular weight excluding hydrogens is 514 g/mol. The molecule has 1 unspecified atom stereocenters. The average Bonchev–Trinajstić information content (AvgIpc) is 2.72. The van der Waals surface area contributed by atoms with E-state index < -0.39 is 0 Å². The number of allylic oxidation sites excluding steroid dienone is 2. The number of hydrogen-bond donors (Lipinski definition) is 0. The van der Waals surface area contributed by atoms with Crippen molar-refractivity contribution in [2.24, 2.45) is 0 Å². The first-order valence-corrected chi connectivity index (χ1v) is 10.9. The van der Waals surface area contributed by atoms with Crippen molar-refractivity contribution in [3.05, 3.63) is 104 Å². The predicted molar refractivity (Wildman–Crippen MR) is 130 cm³/mol. The van der Waals surface area contributed by atoms with E-state index in [1.807, 2.05) is 6.07 Å². The molecule has 2 rings (SSSR count). The molecule has 0 N–H and O–H groups in total. The molecule has 1 atom stereocenters. The van der Waals surface area contributed by atoms with Gasteiger partial charge in [0.2, 0.25) is 6.54 Å². The zero-order valence-electron chi connectivity index (χ0n) is 15.5. The largest absolute Gasteiger partial charge is 0.312 e. The fraction of sp³-hybridized carbons (Fsp3) is 0.182. The Labute approximate surface area is 201 Å². The lowest BCUT2D eigenvalue weighted by Gasteiger charge is -2.07. The second-order valence-electron chi connectivity index (χ2n) is 5.39. The average molecular weight is 533 g/mol. The lowest BCUT2D eigenvalue weighted by atomic mass is 9.97. The normalized spacial score (nSPS) is 10.0. The third-order valence-electron chi connectivity index (χ3n) is 3.26. The van der Waals surface area contributed by atoms with Gasteiger partial charge in [0.25, 0.3) is 0 Å². The van der Waals surface area contributed by atoms with Crippen molar-refractivity contribution in [3.8, 4) is 6.07 Å². The lowest BCUT2D eigenvalue weighted by Crippen LogP contribution is -1.93. The Bertz CT molecular complexity index is 885. The quantitative estimate of drug-likeness (QED) is 0.214. The maximum atomic E-state index is 8.90. The van der Waals surface area contributed by atoms with Crippen LogP contribution in [-0.4, -0.2) is 5.33 Å². The van der Waals surface area contributed by atoms with Gasteiger partial charge in [-0.3, -0.25) is 0 Å². The van der Waals surface area contributed by atoms with E-state index >= 15 is 0 Å². The Morgan fingerprint density at radius 3 is 1.97 bits per heavy atom. The van der Waals surface area contributed by atoms with Crippen molar-refractivity contribution in [1.29, 1.82) is 5.26 Å². The van der Waals surface area contributed by atoms with Crippen molar-refractivity contribution >= 4 is 62.3 Å². The van der Waals surface area contributed by atoms with Crippen LogP contribution < -0.4 is 0 Å². The van der Waals surface area contributed by atoms with E-state index in [1.54, 1.807) is 42.5 Å². The number of rotatable bonds is 5. The SMILES string of the molecule is C=CCBr.C=CCC(C#N)c1ccc(Cl)c(Cl)c1.[C-]#[N+]Cc1ccc(Cl)c(Cl)c1. The summed E-state index contributed by atoms with van der Waals surface area (Å²) < 4.78 is 0. The zero-order valence-corrected chi connectivity index (χ0v) is 20.1. The highest BCUT2D eigenvalue weighted by molar-refractivity contribution is 9.09. The lowest BCUT2D eigenvalue weighted by molar-refractivity contribution is 0.879. The van der Waals surface area contributed by atoms with Gasteiger partial charge < -0.3 is 4.85 Å². The topological polar surface area (TPSA) is 28.1 Å². The molecular formula is C22H19BrCl4N2. The second kappa shape index (κ2) is 16.3. The van der Waals surface area contributed by atoms with Crippen LogP contribution in [-0.2, 0) is 6.54 Å². The minimum atomic E-state index is -0.192. The molecule has 0 amide bonds. The third kappa shape index (κ3) is 11.3. The van der Waals surface area contributed by atoms with E-state index in [0.717, 1.165) is 16.5 Å². The minimum Gasteiger partial charge on any atom is -0.312 e. The molecule has 0 bridgehead atoms. The monoisotopic (exact) mass is 530 g/mol. The first-order valence-electron chi connectivity index (χ1n) is 8.23. The van der Waals surface area contributed by atoms with Gasteiger partial charge in [0.15, 0.2) is 0 Å². The molecule has 152 valence electrons. The van der Waals surface area contributed by atoms with Gasteiger partial charge in [-0.05, 0) is 36.2 Å². The van der Waals surface area contributed by atoms with Gasteiger partial charge in [-0.2, -0.15) is 5.26 Å². The van der Waals surface area contributed by atoms with E-state index in [2.05, 4.69) is 40.0 Å². The van der Waals surface area contributed by atoms with Crippen LogP contribution in [0.3, 0.4) is 0 Å². The number of halogens is 5. The van der Waals surface area contributed by atoms with Gasteiger partial charge in [-0.25, -0.2) is 6.57 Å². The smallest absolute Gasteiger partial charge is 0.239 e. The number of nitrogens with zero attached hydrogens (tertiary/aromatic N) is 2. The Balaban J connectivity index is 0.000000466. The van der Waals surface area contributed by atoms with E-state index in [9.17, 15) is 0 Å². The van der Waals surface area contributed by atoms with E-state index in [4.69, 9.17) is 58.2 Å². The van der Waals surface area contributed by atoms with Gasteiger partial charge in [0.05, 0.1) is 32.1 Å². The Hall–Kier alpha value is -1.46. The molecule has 0 aliphatic rings. The van der Waals surface area contributed by atoms with Crippen LogP contribution in [0.2, 0.25) is 20.1 Å². The van der Waals surface area contributed by atoms with Crippen molar-refractivity contribution < 1.29 is 0 Å². The molecule has 0 saturated heterocycles. The molecule has 0 spiro atoms. The van der Waals surface area contributed by atoms with Crippen molar-refractivity contribution in [1.82, 2.24) is 0 Å². The molecule has 7 heteroatoms. The summed E-state index contributed by atoms with van der Waals surface area (Å²) >= 11 is 26.1. The van der Waals surface area contributed by atoms with Crippen molar-refractivity contribution in [3.63, 3.8) is 0 Å². The first-order chi connectivity index (χ1) is 13.8. The molecule has 0 aromatic heterocycles. The summed E-state index contributed by atoms with van der Waals surface area (Å²) in [5.41, 5.74) is 1.77. The first kappa shape index (κ1) is 27.5. The van der Waals surface area contributed by atoms with Gasteiger partial charge in [-0.15, -0.1) is 13.2 Å². The van der Waals surface area contributed by atoms with Crippen LogP contribution in [0.5, 0.6) is 0 Å². The molecule has 0 aliphatic heterocycles. The molecule has 0 saturated carbocycles. The summed E-state index contributed by atoms with van der Waals surface area (Å²) in [4.78, 5) is 3.22. The van der Waals surface area contributed by atoms with E-state index in [1.165, 1.54) is 0 Å². The Morgan fingerprint density at radius 1 is 1.00 bits per heavy atom. The number of alkyl halides is 1. The maximum absolute atomic E-state index is 8.90. The van der Waals surface area contributed by atoms with Crippen LogP contribution in [0.1, 0.15) is 23.5 Å². The van der Waals surface area contributed by atoms with Crippen molar-refractivity contribution in [2.45, 2.75) is 18.9 Å². The zero-order chi connectivity index (χ0) is 22.2. The summed E-state index contributed by atoms with van der Waals surface area (Å²) in [5.74, 6) is -0.192. The van der Waals surface area contributed by atoms with Crippen molar-refractivity contribution in [2.75, 3.05) is 5.33 Å². The van der Waals surface area contributed by atoms with Crippen LogP contribution >= 0.6 is 62.3 Å². The summed E-state index contributed by atoms with van der Waals surface area (Å²) in [6, 6.07) is 12.6. The molecule has 0 aliphatic carbocycles. The number of hydrogen-bond acceptors (Lipinski definition) is 1. The van der Waals surface area contributed by atoms with Crippen LogP contribution in [0, 0.1) is 17.9 Å². The van der Waals surface area contributed by atoms with E-state index in [-0.39, 0.29) is 5.92 Å². The highest BCUT2D eigenvalue weighted by Gasteiger charge is 2.09.